The third-order valence-electron chi connectivity index (χ3n) is 3.54. The molecule has 25 heavy (non-hydrogen) atoms. The Morgan fingerprint density at radius 1 is 1.20 bits per heavy atom. The highest BCUT2D eigenvalue weighted by atomic mass is 32.2. The molecule has 0 amide bonds. The summed E-state index contributed by atoms with van der Waals surface area (Å²) in [6.45, 7) is 0.679. The van der Waals surface area contributed by atoms with Gasteiger partial charge in [0, 0.05) is 31.6 Å². The molecule has 0 spiro atoms. The summed E-state index contributed by atoms with van der Waals surface area (Å²) in [5.74, 6) is 1.54. The van der Waals surface area contributed by atoms with Gasteiger partial charge in [0.25, 0.3) is 5.56 Å². The Hall–Kier alpha value is -2.32. The van der Waals surface area contributed by atoms with Crippen LogP contribution in [-0.2, 0) is 19.3 Å². The van der Waals surface area contributed by atoms with Crippen LogP contribution in [0.3, 0.4) is 0 Å². The maximum absolute atomic E-state index is 11.6. The molecule has 1 N–H and O–H groups in total. The van der Waals surface area contributed by atoms with Crippen LogP contribution in [-0.4, -0.2) is 21.9 Å². The van der Waals surface area contributed by atoms with Crippen molar-refractivity contribution in [2.75, 3.05) is 12.4 Å². The Morgan fingerprint density at radius 3 is 2.72 bits per heavy atom. The van der Waals surface area contributed by atoms with Crippen LogP contribution in [0.15, 0.2) is 51.7 Å². The molecule has 0 saturated heterocycles. The maximum atomic E-state index is 11.6. The molecule has 2 heterocycles. The fraction of sp³-hybridized carbons (Fsp3) is 0.235. The fourth-order valence-electron chi connectivity index (χ4n) is 2.08. The molecule has 0 radical (unpaired) electrons. The Balaban J connectivity index is 1.52. The lowest BCUT2D eigenvalue weighted by Gasteiger charge is -2.03. The smallest absolute Gasteiger partial charge is 0.250 e. The summed E-state index contributed by atoms with van der Waals surface area (Å²) in [7, 11) is 3.39. The minimum absolute atomic E-state index is 0.00258. The lowest BCUT2D eigenvalue weighted by molar-refractivity contribution is 0.414. The van der Waals surface area contributed by atoms with Gasteiger partial charge in [0.15, 0.2) is 4.34 Å². The number of methoxy groups -OCH3 is 1. The highest BCUT2D eigenvalue weighted by Crippen LogP contribution is 2.28. The van der Waals surface area contributed by atoms with E-state index in [1.807, 2.05) is 30.3 Å². The van der Waals surface area contributed by atoms with Gasteiger partial charge in [-0.15, -0.1) is 10.2 Å². The highest BCUT2D eigenvalue weighted by molar-refractivity contribution is 8.00. The van der Waals surface area contributed by atoms with Crippen LogP contribution in [0.4, 0.5) is 5.13 Å². The van der Waals surface area contributed by atoms with E-state index in [2.05, 4.69) is 15.5 Å². The number of nitrogens with zero attached hydrogens (tertiary/aromatic N) is 3. The Labute approximate surface area is 153 Å². The number of anilines is 1. The van der Waals surface area contributed by atoms with E-state index in [1.165, 1.54) is 11.3 Å². The minimum Gasteiger partial charge on any atom is -0.497 e. The molecule has 3 aromatic rings. The zero-order chi connectivity index (χ0) is 17.6. The summed E-state index contributed by atoms with van der Waals surface area (Å²) < 4.78 is 7.58. The Morgan fingerprint density at radius 2 is 2.00 bits per heavy atom. The second-order valence-electron chi connectivity index (χ2n) is 5.35. The summed E-state index contributed by atoms with van der Waals surface area (Å²) in [5, 5.41) is 12.4. The van der Waals surface area contributed by atoms with Gasteiger partial charge in [-0.2, -0.15) is 0 Å². The number of pyridine rings is 1. The largest absolute Gasteiger partial charge is 0.497 e. The van der Waals surface area contributed by atoms with Crippen molar-refractivity contribution in [3.63, 3.8) is 0 Å². The van der Waals surface area contributed by atoms with E-state index in [9.17, 15) is 4.79 Å². The molecule has 8 heteroatoms. The van der Waals surface area contributed by atoms with E-state index >= 15 is 0 Å². The number of benzene rings is 1. The summed E-state index contributed by atoms with van der Waals surface area (Å²) in [5.41, 5.74) is 2.12. The molecule has 0 unspecified atom stereocenters. The number of nitrogens with one attached hydrogen (secondary N) is 1. The number of aromatic nitrogens is 3. The number of aryl methyl sites for hydroxylation is 1. The van der Waals surface area contributed by atoms with E-state index in [-0.39, 0.29) is 5.56 Å². The molecule has 1 aromatic carbocycles. The molecular formula is C17H18N4O2S2. The SMILES string of the molecule is COc1ccc(CNc2nnc(SCc3ccn(C)c(=O)c3)s2)cc1. The molecule has 2 aromatic heterocycles. The van der Waals surface area contributed by atoms with E-state index < -0.39 is 0 Å². The van der Waals surface area contributed by atoms with Crippen molar-refractivity contribution in [1.29, 1.82) is 0 Å². The van der Waals surface area contributed by atoms with Crippen molar-refractivity contribution in [3.8, 4) is 5.75 Å². The number of thioether (sulfide) groups is 1. The molecule has 0 saturated carbocycles. The third-order valence-corrected chi connectivity index (χ3v) is 5.63. The van der Waals surface area contributed by atoms with Crippen LogP contribution >= 0.6 is 23.1 Å². The maximum Gasteiger partial charge on any atom is 0.250 e. The summed E-state index contributed by atoms with van der Waals surface area (Å²) in [6, 6.07) is 11.5. The lowest BCUT2D eigenvalue weighted by atomic mass is 10.2. The van der Waals surface area contributed by atoms with Crippen LogP contribution in [0.2, 0.25) is 0 Å². The Bertz CT molecular complexity index is 890. The zero-order valence-corrected chi connectivity index (χ0v) is 15.6. The normalized spacial score (nSPS) is 10.6. The number of rotatable bonds is 7. The van der Waals surface area contributed by atoms with Crippen LogP contribution < -0.4 is 15.6 Å². The molecular weight excluding hydrogens is 356 g/mol. The fourth-order valence-corrected chi connectivity index (χ4v) is 3.78. The second-order valence-corrected chi connectivity index (χ2v) is 7.55. The van der Waals surface area contributed by atoms with Crippen molar-refractivity contribution in [2.45, 2.75) is 16.6 Å². The molecule has 0 atom stereocenters. The van der Waals surface area contributed by atoms with Crippen LogP contribution in [0.1, 0.15) is 11.1 Å². The van der Waals surface area contributed by atoms with E-state index in [4.69, 9.17) is 4.74 Å². The third kappa shape index (κ3) is 4.83. The van der Waals surface area contributed by atoms with Crippen LogP contribution in [0, 0.1) is 0 Å². The Kier molecular flexibility index (Phi) is 5.72. The van der Waals surface area contributed by atoms with Crippen LogP contribution in [0.5, 0.6) is 5.75 Å². The summed E-state index contributed by atoms with van der Waals surface area (Å²) >= 11 is 3.08. The second kappa shape index (κ2) is 8.17. The summed E-state index contributed by atoms with van der Waals surface area (Å²) in [6.07, 6.45) is 1.78. The predicted molar refractivity (Wildman–Crippen MR) is 101 cm³/mol. The van der Waals surface area contributed by atoms with Gasteiger partial charge in [0.05, 0.1) is 7.11 Å². The van der Waals surface area contributed by atoms with E-state index in [0.717, 1.165) is 26.3 Å². The van der Waals surface area contributed by atoms with Gasteiger partial charge in [0.1, 0.15) is 5.75 Å². The molecule has 6 nitrogen and oxygen atoms in total. The first kappa shape index (κ1) is 17.5. The molecule has 3 rings (SSSR count). The average Bonchev–Trinajstić information content (AvgIpc) is 3.09. The van der Waals surface area contributed by atoms with Crippen molar-refractivity contribution >= 4 is 28.2 Å². The van der Waals surface area contributed by atoms with Gasteiger partial charge >= 0.3 is 0 Å². The van der Waals surface area contributed by atoms with Gasteiger partial charge in [-0.25, -0.2) is 0 Å². The first-order chi connectivity index (χ1) is 12.1. The average molecular weight is 374 g/mol. The molecule has 0 fully saturated rings. The molecule has 0 aliphatic carbocycles. The quantitative estimate of drug-likeness (QED) is 0.641. The van der Waals surface area contributed by atoms with Crippen LogP contribution in [0.25, 0.3) is 0 Å². The van der Waals surface area contributed by atoms with Gasteiger partial charge in [-0.3, -0.25) is 4.79 Å². The number of hydrogen-bond donors (Lipinski definition) is 1. The van der Waals surface area contributed by atoms with Crippen molar-refractivity contribution in [3.05, 3.63) is 64.1 Å². The number of hydrogen-bond acceptors (Lipinski definition) is 7. The topological polar surface area (TPSA) is 69.0 Å². The van der Waals surface area contributed by atoms with Crippen molar-refractivity contribution in [1.82, 2.24) is 14.8 Å². The lowest BCUT2D eigenvalue weighted by Crippen LogP contribution is -2.14. The highest BCUT2D eigenvalue weighted by Gasteiger charge is 2.06. The monoisotopic (exact) mass is 374 g/mol. The predicted octanol–water partition coefficient (Wildman–Crippen LogP) is 3.15. The first-order valence-electron chi connectivity index (χ1n) is 7.63. The van der Waals surface area contributed by atoms with Gasteiger partial charge in [0.2, 0.25) is 5.13 Å². The van der Waals surface area contributed by atoms with Crippen molar-refractivity contribution in [2.24, 2.45) is 7.05 Å². The first-order valence-corrected chi connectivity index (χ1v) is 9.43. The molecule has 0 bridgehead atoms. The van der Waals surface area contributed by atoms with E-state index in [1.54, 1.807) is 42.7 Å². The minimum atomic E-state index is -0.00258. The molecule has 130 valence electrons. The van der Waals surface area contributed by atoms with Gasteiger partial charge in [-0.05, 0) is 29.3 Å². The van der Waals surface area contributed by atoms with Crippen molar-refractivity contribution < 1.29 is 4.74 Å². The van der Waals surface area contributed by atoms with Gasteiger partial charge < -0.3 is 14.6 Å². The standard InChI is InChI=1S/C17H18N4O2S2/c1-21-8-7-13(9-15(21)22)11-24-17-20-19-16(25-17)18-10-12-3-5-14(23-2)6-4-12/h3-9H,10-11H2,1-2H3,(H,18,19). The molecule has 0 aliphatic heterocycles. The molecule has 0 aliphatic rings. The van der Waals surface area contributed by atoms with Gasteiger partial charge in [-0.1, -0.05) is 35.2 Å². The van der Waals surface area contributed by atoms with E-state index in [0.29, 0.717) is 12.3 Å². The summed E-state index contributed by atoms with van der Waals surface area (Å²) in [4.78, 5) is 11.6. The number of ether oxygens (including phenoxy) is 1. The zero-order valence-electron chi connectivity index (χ0n) is 13.9.